The van der Waals surface area contributed by atoms with Gasteiger partial charge in [-0.1, -0.05) is 11.6 Å². The summed E-state index contributed by atoms with van der Waals surface area (Å²) in [5, 5.41) is 10.4. The molecule has 112 valence electrons. The van der Waals surface area contributed by atoms with E-state index >= 15 is 0 Å². The molecule has 0 spiro atoms. The molecule has 0 atom stereocenters. The van der Waals surface area contributed by atoms with Crippen LogP contribution in [0.5, 0.6) is 0 Å². The molecule has 0 saturated carbocycles. The Morgan fingerprint density at radius 3 is 2.68 bits per heavy atom. The van der Waals surface area contributed by atoms with E-state index in [9.17, 15) is 4.39 Å². The molecule has 6 nitrogen and oxygen atoms in total. The largest absolute Gasteiger partial charge is 0.363 e. The Morgan fingerprint density at radius 1 is 1.18 bits per heavy atom. The molecule has 0 amide bonds. The van der Waals surface area contributed by atoms with Crippen molar-refractivity contribution in [2.24, 2.45) is 0 Å². The highest BCUT2D eigenvalue weighted by atomic mass is 35.5. The van der Waals surface area contributed by atoms with E-state index in [0.29, 0.717) is 35.0 Å². The number of anilines is 1. The van der Waals surface area contributed by atoms with Crippen molar-refractivity contribution in [1.82, 2.24) is 25.1 Å². The molecule has 22 heavy (non-hydrogen) atoms. The molecule has 2 N–H and O–H groups in total. The molecule has 0 fully saturated rings. The molecule has 2 aromatic heterocycles. The minimum Gasteiger partial charge on any atom is -0.363 e. The van der Waals surface area contributed by atoms with E-state index < -0.39 is 0 Å². The summed E-state index contributed by atoms with van der Waals surface area (Å²) in [6, 6.07) is 7.63. The maximum atomic E-state index is 12.9. The second-order valence-corrected chi connectivity index (χ2v) is 4.98. The van der Waals surface area contributed by atoms with Crippen LogP contribution in [0.2, 0.25) is 5.15 Å². The van der Waals surface area contributed by atoms with Crippen molar-refractivity contribution in [2.45, 2.75) is 13.5 Å². The maximum absolute atomic E-state index is 12.9. The van der Waals surface area contributed by atoms with Gasteiger partial charge in [-0.3, -0.25) is 5.10 Å². The van der Waals surface area contributed by atoms with Gasteiger partial charge in [0.2, 0.25) is 0 Å². The molecule has 8 heteroatoms. The molecular formula is C14H12ClFN6. The summed E-state index contributed by atoms with van der Waals surface area (Å²) < 4.78 is 12.9. The third kappa shape index (κ3) is 3.37. The molecule has 0 saturated heterocycles. The second kappa shape index (κ2) is 6.07. The minimum atomic E-state index is -0.294. The van der Waals surface area contributed by atoms with Gasteiger partial charge in [0.1, 0.15) is 28.4 Å². The zero-order valence-electron chi connectivity index (χ0n) is 11.6. The number of halogens is 2. The Bertz CT molecular complexity index is 766. The van der Waals surface area contributed by atoms with Gasteiger partial charge in [0.05, 0.1) is 6.54 Å². The first-order chi connectivity index (χ1) is 10.6. The molecule has 0 aliphatic heterocycles. The summed E-state index contributed by atoms with van der Waals surface area (Å²) in [4.78, 5) is 12.5. The molecular weight excluding hydrogens is 307 g/mol. The zero-order chi connectivity index (χ0) is 15.5. The fourth-order valence-electron chi connectivity index (χ4n) is 1.90. The predicted octanol–water partition coefficient (Wildman–Crippen LogP) is 2.97. The Morgan fingerprint density at radius 2 is 1.95 bits per heavy atom. The smallest absolute Gasteiger partial charge is 0.181 e. The van der Waals surface area contributed by atoms with Crippen LogP contribution in [0, 0.1) is 12.7 Å². The number of aromatic nitrogens is 5. The summed E-state index contributed by atoms with van der Waals surface area (Å²) in [5.74, 6) is 2.04. The van der Waals surface area contributed by atoms with Crippen molar-refractivity contribution in [3.63, 3.8) is 0 Å². The Labute approximate surface area is 130 Å². The summed E-state index contributed by atoms with van der Waals surface area (Å²) in [6.07, 6.45) is 0. The van der Waals surface area contributed by atoms with Crippen molar-refractivity contribution in [3.8, 4) is 11.4 Å². The maximum Gasteiger partial charge on any atom is 0.181 e. The summed E-state index contributed by atoms with van der Waals surface area (Å²) >= 11 is 5.87. The van der Waals surface area contributed by atoms with Crippen molar-refractivity contribution in [2.75, 3.05) is 5.32 Å². The minimum absolute atomic E-state index is 0.294. The van der Waals surface area contributed by atoms with Crippen molar-refractivity contribution in [3.05, 3.63) is 53.0 Å². The topological polar surface area (TPSA) is 79.4 Å². The van der Waals surface area contributed by atoms with Gasteiger partial charge in [-0.2, -0.15) is 5.10 Å². The van der Waals surface area contributed by atoms with E-state index in [1.54, 1.807) is 25.1 Å². The van der Waals surface area contributed by atoms with Gasteiger partial charge < -0.3 is 5.32 Å². The Balaban J connectivity index is 1.70. The van der Waals surface area contributed by atoms with Gasteiger partial charge in [-0.15, -0.1) is 0 Å². The Kier molecular flexibility index (Phi) is 3.97. The number of benzene rings is 1. The summed E-state index contributed by atoms with van der Waals surface area (Å²) in [7, 11) is 0. The normalized spacial score (nSPS) is 10.7. The third-order valence-corrected chi connectivity index (χ3v) is 3.07. The van der Waals surface area contributed by atoms with Crippen LogP contribution in [0.25, 0.3) is 11.4 Å². The number of hydrogen-bond acceptors (Lipinski definition) is 5. The van der Waals surface area contributed by atoms with Crippen LogP contribution >= 0.6 is 11.6 Å². The van der Waals surface area contributed by atoms with E-state index in [1.807, 2.05) is 0 Å². The lowest BCUT2D eigenvalue weighted by molar-refractivity contribution is 0.628. The van der Waals surface area contributed by atoms with Crippen LogP contribution in [0.3, 0.4) is 0 Å². The van der Waals surface area contributed by atoms with Crippen LogP contribution in [-0.2, 0) is 6.54 Å². The van der Waals surface area contributed by atoms with Crippen LogP contribution in [0.1, 0.15) is 11.6 Å². The highest BCUT2D eigenvalue weighted by molar-refractivity contribution is 6.29. The molecule has 3 rings (SSSR count). The lowest BCUT2D eigenvalue weighted by Crippen LogP contribution is -2.04. The van der Waals surface area contributed by atoms with E-state index in [4.69, 9.17) is 11.6 Å². The van der Waals surface area contributed by atoms with E-state index in [1.165, 1.54) is 12.1 Å². The SMILES string of the molecule is Cc1nc(Cl)cc(NCc2nc(-c3ccc(F)cc3)n[nH]2)n1. The lowest BCUT2D eigenvalue weighted by atomic mass is 10.2. The first kappa shape index (κ1) is 14.4. The number of nitrogens with zero attached hydrogens (tertiary/aromatic N) is 4. The fraction of sp³-hybridized carbons (Fsp3) is 0.143. The zero-order valence-corrected chi connectivity index (χ0v) is 12.4. The van der Waals surface area contributed by atoms with E-state index in [-0.39, 0.29) is 5.82 Å². The van der Waals surface area contributed by atoms with Crippen LogP contribution in [0.4, 0.5) is 10.2 Å². The number of rotatable bonds is 4. The molecule has 0 aliphatic carbocycles. The molecule has 0 bridgehead atoms. The standard InChI is InChI=1S/C14H12ClFN6/c1-8-18-11(15)6-12(19-8)17-7-13-20-14(22-21-13)9-2-4-10(16)5-3-9/h2-6H,7H2,1H3,(H,17,18,19)(H,20,21,22). The highest BCUT2D eigenvalue weighted by Crippen LogP contribution is 2.16. The summed E-state index contributed by atoms with van der Waals surface area (Å²) in [6.45, 7) is 2.17. The van der Waals surface area contributed by atoms with Gasteiger partial charge in [0, 0.05) is 11.6 Å². The third-order valence-electron chi connectivity index (χ3n) is 2.88. The first-order valence-corrected chi connectivity index (χ1v) is 6.90. The molecule has 2 heterocycles. The van der Waals surface area contributed by atoms with Gasteiger partial charge >= 0.3 is 0 Å². The lowest BCUT2D eigenvalue weighted by Gasteiger charge is -2.04. The van der Waals surface area contributed by atoms with Crippen molar-refractivity contribution in [1.29, 1.82) is 0 Å². The molecule has 1 aromatic carbocycles. The van der Waals surface area contributed by atoms with E-state index in [2.05, 4.69) is 30.5 Å². The van der Waals surface area contributed by atoms with Crippen molar-refractivity contribution < 1.29 is 4.39 Å². The van der Waals surface area contributed by atoms with Crippen LogP contribution in [0.15, 0.2) is 30.3 Å². The number of H-pyrrole nitrogens is 1. The second-order valence-electron chi connectivity index (χ2n) is 4.59. The first-order valence-electron chi connectivity index (χ1n) is 6.52. The van der Waals surface area contributed by atoms with Gasteiger partial charge in [0.25, 0.3) is 0 Å². The van der Waals surface area contributed by atoms with Crippen molar-refractivity contribution >= 4 is 17.4 Å². The average molecular weight is 319 g/mol. The fourth-order valence-corrected chi connectivity index (χ4v) is 2.12. The van der Waals surface area contributed by atoms with Crippen LogP contribution in [-0.4, -0.2) is 25.1 Å². The monoisotopic (exact) mass is 318 g/mol. The molecule has 0 unspecified atom stereocenters. The summed E-state index contributed by atoms with van der Waals surface area (Å²) in [5.41, 5.74) is 0.741. The average Bonchev–Trinajstić information content (AvgIpc) is 2.94. The highest BCUT2D eigenvalue weighted by Gasteiger charge is 2.07. The Hall–Kier alpha value is -2.54. The van der Waals surface area contributed by atoms with Gasteiger partial charge in [-0.05, 0) is 31.2 Å². The number of aryl methyl sites for hydroxylation is 1. The number of aromatic amines is 1. The quantitative estimate of drug-likeness (QED) is 0.723. The molecule has 0 radical (unpaired) electrons. The van der Waals surface area contributed by atoms with Gasteiger partial charge in [0.15, 0.2) is 5.82 Å². The van der Waals surface area contributed by atoms with Crippen LogP contribution < -0.4 is 5.32 Å². The van der Waals surface area contributed by atoms with Gasteiger partial charge in [-0.25, -0.2) is 19.3 Å². The predicted molar refractivity (Wildman–Crippen MR) is 80.9 cm³/mol. The molecule has 0 aliphatic rings. The number of nitrogens with one attached hydrogen (secondary N) is 2. The number of hydrogen-bond donors (Lipinski definition) is 2. The molecule has 3 aromatic rings. The van der Waals surface area contributed by atoms with E-state index in [0.717, 1.165) is 5.56 Å².